The van der Waals surface area contributed by atoms with Crippen molar-refractivity contribution in [3.63, 3.8) is 0 Å². The largest absolute Gasteiger partial charge is 0.417 e. The Bertz CT molecular complexity index is 1240. The summed E-state index contributed by atoms with van der Waals surface area (Å²) in [6.07, 6.45) is -2.66. The smallest absolute Gasteiger partial charge is 0.368 e. The molecule has 0 aliphatic carbocycles. The van der Waals surface area contributed by atoms with Gasteiger partial charge in [0.1, 0.15) is 11.5 Å². The number of likely N-dealkylation sites (tertiary alicyclic amines) is 1. The Hall–Kier alpha value is -3.15. The Kier molecular flexibility index (Phi) is 7.00. The third kappa shape index (κ3) is 5.48. The lowest BCUT2D eigenvalue weighted by Gasteiger charge is -2.43. The number of amides is 1. The van der Waals surface area contributed by atoms with E-state index in [4.69, 9.17) is 0 Å². The molecule has 4 heterocycles. The predicted octanol–water partition coefficient (Wildman–Crippen LogP) is 5.83. The molecule has 1 aliphatic heterocycles. The van der Waals surface area contributed by atoms with E-state index in [9.17, 15) is 26.7 Å². The van der Waals surface area contributed by atoms with Gasteiger partial charge in [0, 0.05) is 25.4 Å². The van der Waals surface area contributed by atoms with Gasteiger partial charge in [-0.2, -0.15) is 13.2 Å². The van der Waals surface area contributed by atoms with Gasteiger partial charge >= 0.3 is 6.18 Å². The number of pyridine rings is 2. The SMILES string of the molecule is Cc1nc(C(=O)N2CC(F)(F)C[C@@H](C)C2CNc2ccc(C(F)(F)F)cn2)c(-c2ncccc2C)s1. The zero-order chi connectivity index (χ0) is 26.3. The Labute approximate surface area is 208 Å². The molecule has 1 aliphatic rings. The summed E-state index contributed by atoms with van der Waals surface area (Å²) in [5, 5.41) is 3.50. The Balaban J connectivity index is 1.62. The van der Waals surface area contributed by atoms with Crippen molar-refractivity contribution in [2.45, 2.75) is 45.3 Å². The number of anilines is 1. The second-order valence-electron chi connectivity index (χ2n) is 8.93. The first-order valence-corrected chi connectivity index (χ1v) is 12.0. The highest BCUT2D eigenvalue weighted by atomic mass is 32.1. The number of alkyl halides is 5. The molecule has 36 heavy (non-hydrogen) atoms. The number of aromatic nitrogens is 3. The van der Waals surface area contributed by atoms with E-state index < -0.39 is 48.5 Å². The Morgan fingerprint density at radius 3 is 2.61 bits per heavy atom. The Morgan fingerprint density at radius 2 is 1.97 bits per heavy atom. The number of piperidine rings is 1. The number of carbonyl (C=O) groups excluding carboxylic acids is 1. The van der Waals surface area contributed by atoms with E-state index in [0.717, 1.165) is 16.5 Å². The molecule has 1 fully saturated rings. The standard InChI is InChI=1S/C24H24F5N5OS/c1-13-5-4-8-30-19(13)21-20(33-15(3)36-21)22(35)34-12-23(25,26)9-14(2)17(34)11-32-18-7-6-16(10-31-18)24(27,28)29/h4-8,10,14,17H,9,11-12H2,1-3H3,(H,31,32)/t14-,17?/m1/s1. The van der Waals surface area contributed by atoms with Gasteiger partial charge in [-0.1, -0.05) is 13.0 Å². The zero-order valence-electron chi connectivity index (χ0n) is 19.7. The summed E-state index contributed by atoms with van der Waals surface area (Å²) in [6, 6.07) is 4.99. The number of thiazole rings is 1. The fourth-order valence-corrected chi connectivity index (χ4v) is 5.32. The van der Waals surface area contributed by atoms with Gasteiger partial charge in [-0.25, -0.2) is 18.7 Å². The van der Waals surface area contributed by atoms with Crippen LogP contribution >= 0.6 is 11.3 Å². The maximum atomic E-state index is 14.6. The zero-order valence-corrected chi connectivity index (χ0v) is 20.6. The summed E-state index contributed by atoms with van der Waals surface area (Å²) in [7, 11) is 0. The third-order valence-corrected chi connectivity index (χ3v) is 7.06. The minimum absolute atomic E-state index is 0.0302. The van der Waals surface area contributed by atoms with Crippen molar-refractivity contribution in [3.8, 4) is 10.6 Å². The van der Waals surface area contributed by atoms with Crippen LogP contribution in [0.3, 0.4) is 0 Å². The van der Waals surface area contributed by atoms with Crippen LogP contribution < -0.4 is 5.32 Å². The van der Waals surface area contributed by atoms with E-state index in [1.807, 2.05) is 13.0 Å². The molecule has 0 saturated carbocycles. The van der Waals surface area contributed by atoms with E-state index in [-0.39, 0.29) is 18.1 Å². The van der Waals surface area contributed by atoms with E-state index in [0.29, 0.717) is 21.8 Å². The van der Waals surface area contributed by atoms with Gasteiger partial charge in [0.15, 0.2) is 0 Å². The maximum absolute atomic E-state index is 14.6. The maximum Gasteiger partial charge on any atom is 0.417 e. The fraction of sp³-hybridized carbons (Fsp3) is 0.417. The van der Waals surface area contributed by atoms with Crippen LogP contribution in [-0.4, -0.2) is 50.8 Å². The van der Waals surface area contributed by atoms with Gasteiger partial charge in [0.25, 0.3) is 11.8 Å². The molecule has 3 aromatic rings. The molecule has 0 aromatic carbocycles. The van der Waals surface area contributed by atoms with Crippen LogP contribution in [0.5, 0.6) is 0 Å². The molecule has 192 valence electrons. The van der Waals surface area contributed by atoms with Crippen LogP contribution in [0.15, 0.2) is 36.7 Å². The van der Waals surface area contributed by atoms with Gasteiger partial charge in [-0.3, -0.25) is 9.78 Å². The highest BCUT2D eigenvalue weighted by Crippen LogP contribution is 2.38. The molecule has 12 heteroatoms. The molecule has 1 saturated heterocycles. The predicted molar refractivity (Wildman–Crippen MR) is 126 cm³/mol. The Morgan fingerprint density at radius 1 is 1.22 bits per heavy atom. The summed E-state index contributed by atoms with van der Waals surface area (Å²) in [5.74, 6) is -4.18. The highest BCUT2D eigenvalue weighted by Gasteiger charge is 2.47. The van der Waals surface area contributed by atoms with Crippen LogP contribution in [0.2, 0.25) is 0 Å². The molecule has 0 radical (unpaired) electrons. The quantitative estimate of drug-likeness (QED) is 0.424. The van der Waals surface area contributed by atoms with Gasteiger partial charge in [0.05, 0.1) is 33.7 Å². The number of rotatable bonds is 5. The lowest BCUT2D eigenvalue weighted by atomic mass is 9.88. The summed E-state index contributed by atoms with van der Waals surface area (Å²) < 4.78 is 67.7. The number of carbonyl (C=O) groups is 1. The monoisotopic (exact) mass is 525 g/mol. The molecule has 3 aromatic heterocycles. The summed E-state index contributed by atoms with van der Waals surface area (Å²) in [4.78, 5) is 27.8. The molecule has 1 N–H and O–H groups in total. The molecule has 0 spiro atoms. The summed E-state index contributed by atoms with van der Waals surface area (Å²) >= 11 is 1.26. The fourth-order valence-electron chi connectivity index (χ4n) is 4.35. The number of aryl methyl sites for hydroxylation is 2. The summed E-state index contributed by atoms with van der Waals surface area (Å²) in [5.41, 5.74) is 0.541. The lowest BCUT2D eigenvalue weighted by molar-refractivity contribution is -0.137. The summed E-state index contributed by atoms with van der Waals surface area (Å²) in [6.45, 7) is 4.43. The second-order valence-corrected chi connectivity index (χ2v) is 10.1. The van der Waals surface area contributed by atoms with Crippen LogP contribution in [0, 0.1) is 19.8 Å². The number of halogens is 5. The van der Waals surface area contributed by atoms with Crippen molar-refractivity contribution in [3.05, 3.63) is 58.5 Å². The molecule has 1 amide bonds. The number of nitrogens with one attached hydrogen (secondary N) is 1. The van der Waals surface area contributed by atoms with Crippen LogP contribution in [0.4, 0.5) is 27.8 Å². The minimum atomic E-state index is -4.52. The van der Waals surface area contributed by atoms with E-state index in [1.165, 1.54) is 17.4 Å². The molecular weight excluding hydrogens is 501 g/mol. The first kappa shape index (κ1) is 25.9. The van der Waals surface area contributed by atoms with Crippen molar-refractivity contribution in [2.75, 3.05) is 18.4 Å². The number of hydrogen-bond donors (Lipinski definition) is 1. The molecule has 1 unspecified atom stereocenters. The molecule has 4 rings (SSSR count). The molecule has 6 nitrogen and oxygen atoms in total. The van der Waals surface area contributed by atoms with Crippen molar-refractivity contribution in [1.29, 1.82) is 0 Å². The van der Waals surface area contributed by atoms with Gasteiger partial charge in [-0.15, -0.1) is 11.3 Å². The first-order chi connectivity index (χ1) is 16.9. The van der Waals surface area contributed by atoms with Gasteiger partial charge in [-0.05, 0) is 43.5 Å². The molecule has 2 atom stereocenters. The topological polar surface area (TPSA) is 71.0 Å². The lowest BCUT2D eigenvalue weighted by Crippen LogP contribution is -2.57. The minimum Gasteiger partial charge on any atom is -0.368 e. The van der Waals surface area contributed by atoms with E-state index in [2.05, 4.69) is 20.3 Å². The van der Waals surface area contributed by atoms with Crippen molar-refractivity contribution in [2.24, 2.45) is 5.92 Å². The number of hydrogen-bond acceptors (Lipinski definition) is 6. The van der Waals surface area contributed by atoms with Gasteiger partial charge in [0.2, 0.25) is 0 Å². The van der Waals surface area contributed by atoms with Gasteiger partial charge < -0.3 is 10.2 Å². The second kappa shape index (κ2) is 9.72. The molecular formula is C24H24F5N5OS. The normalized spacial score (nSPS) is 19.8. The average Bonchev–Trinajstić information content (AvgIpc) is 3.18. The van der Waals surface area contributed by atoms with Crippen LogP contribution in [0.1, 0.15) is 40.0 Å². The first-order valence-electron chi connectivity index (χ1n) is 11.2. The third-order valence-electron chi connectivity index (χ3n) is 6.08. The van der Waals surface area contributed by atoms with E-state index >= 15 is 0 Å². The van der Waals surface area contributed by atoms with Crippen molar-refractivity contribution in [1.82, 2.24) is 19.9 Å². The average molecular weight is 526 g/mol. The molecule has 0 bridgehead atoms. The van der Waals surface area contributed by atoms with E-state index in [1.54, 1.807) is 26.1 Å². The van der Waals surface area contributed by atoms with Crippen LogP contribution in [0.25, 0.3) is 10.6 Å². The van der Waals surface area contributed by atoms with Crippen molar-refractivity contribution < 1.29 is 26.7 Å². The number of nitrogens with zero attached hydrogens (tertiary/aromatic N) is 4. The van der Waals surface area contributed by atoms with Crippen LogP contribution in [-0.2, 0) is 6.18 Å². The van der Waals surface area contributed by atoms with Crippen molar-refractivity contribution >= 4 is 23.1 Å². The highest BCUT2D eigenvalue weighted by molar-refractivity contribution is 7.15.